The zero-order chi connectivity index (χ0) is 32.5. The van der Waals surface area contributed by atoms with Crippen molar-refractivity contribution >= 4 is 41.6 Å². The quantitative estimate of drug-likeness (QED) is 0.129. The van der Waals surface area contributed by atoms with Crippen molar-refractivity contribution in [3.8, 4) is 11.6 Å². The third-order valence-electron chi connectivity index (χ3n) is 7.41. The number of hydrogen-bond donors (Lipinski definition) is 4. The van der Waals surface area contributed by atoms with Crippen LogP contribution in [0.25, 0.3) is 21.9 Å². The first-order valence-electron chi connectivity index (χ1n) is 14.4. The molecular formula is C29H37N6O9P. The van der Waals surface area contributed by atoms with Crippen molar-refractivity contribution < 1.29 is 42.8 Å². The molecule has 1 aliphatic heterocycles. The predicted molar refractivity (Wildman–Crippen MR) is 164 cm³/mol. The van der Waals surface area contributed by atoms with Gasteiger partial charge >= 0.3 is 13.7 Å². The van der Waals surface area contributed by atoms with Gasteiger partial charge in [-0.2, -0.15) is 15.1 Å². The number of aliphatic hydroxyl groups excluding tert-OH is 1. The number of anilines is 1. The molecule has 0 spiro atoms. The predicted octanol–water partition coefficient (Wildman–Crippen LogP) is 3.02. The van der Waals surface area contributed by atoms with E-state index in [0.717, 1.165) is 5.39 Å². The lowest BCUT2D eigenvalue weighted by Crippen LogP contribution is -2.44. The van der Waals surface area contributed by atoms with Crippen LogP contribution in [0.15, 0.2) is 42.5 Å². The van der Waals surface area contributed by atoms with Crippen LogP contribution in [0.4, 0.5) is 5.95 Å². The largest absolute Gasteiger partial charge is 0.479 e. The van der Waals surface area contributed by atoms with Crippen LogP contribution in [-0.2, 0) is 23.4 Å². The van der Waals surface area contributed by atoms with Gasteiger partial charge in [0, 0.05) is 5.39 Å². The zero-order valence-corrected chi connectivity index (χ0v) is 26.4. The maximum Gasteiger partial charge on any atom is 0.459 e. The number of rotatable bonds is 12. The van der Waals surface area contributed by atoms with Gasteiger partial charge in [0.05, 0.1) is 20.3 Å². The number of carbonyl (C=O) groups excluding carboxylic acids is 1. The van der Waals surface area contributed by atoms with Crippen molar-refractivity contribution in [3.63, 3.8) is 0 Å². The van der Waals surface area contributed by atoms with E-state index in [0.29, 0.717) is 17.6 Å². The van der Waals surface area contributed by atoms with E-state index in [2.05, 4.69) is 20.0 Å². The average Bonchev–Trinajstić information content (AvgIpc) is 3.44. The number of aliphatic hydroxyl groups is 2. The topological polar surface area (TPSA) is 202 Å². The summed E-state index contributed by atoms with van der Waals surface area (Å²) in [5.41, 5.74) is 4.47. The van der Waals surface area contributed by atoms with Gasteiger partial charge in [0.2, 0.25) is 11.8 Å². The average molecular weight is 645 g/mol. The van der Waals surface area contributed by atoms with Crippen LogP contribution in [0.2, 0.25) is 0 Å². The maximum atomic E-state index is 14.3. The van der Waals surface area contributed by atoms with Gasteiger partial charge in [-0.25, -0.2) is 9.55 Å². The Morgan fingerprint density at radius 2 is 1.96 bits per heavy atom. The van der Waals surface area contributed by atoms with E-state index in [1.54, 1.807) is 31.2 Å². The Hall–Kier alpha value is -3.85. The molecule has 6 atom stereocenters. The summed E-state index contributed by atoms with van der Waals surface area (Å²) < 4.78 is 44.1. The second-order valence-corrected chi connectivity index (χ2v) is 12.6. The SMILES string of the molecule is CCCOC(=O)C(C)NP(=O)(OCC1OC(n2c(C)nc3c(OC)nc(N)nc32)C(C)(O)C1O)Oc1cccc2ccccc12. The number of ether oxygens (including phenoxy) is 3. The van der Waals surface area contributed by atoms with E-state index in [-0.39, 0.29) is 35.3 Å². The van der Waals surface area contributed by atoms with E-state index in [9.17, 15) is 19.6 Å². The van der Waals surface area contributed by atoms with E-state index in [4.69, 9.17) is 29.0 Å². The van der Waals surface area contributed by atoms with Crippen molar-refractivity contribution in [1.29, 1.82) is 0 Å². The highest BCUT2D eigenvalue weighted by Gasteiger charge is 2.54. The van der Waals surface area contributed by atoms with E-state index >= 15 is 0 Å². The smallest absolute Gasteiger partial charge is 0.459 e. The molecule has 2 aromatic carbocycles. The number of aromatic nitrogens is 4. The van der Waals surface area contributed by atoms with Crippen LogP contribution in [0.1, 0.15) is 39.2 Å². The number of nitrogens with two attached hydrogens (primary N) is 1. The Labute approximate surface area is 259 Å². The maximum absolute atomic E-state index is 14.3. The number of esters is 1. The van der Waals surface area contributed by atoms with Gasteiger partial charge in [-0.15, -0.1) is 0 Å². The molecule has 5 N–H and O–H groups in total. The molecule has 1 fully saturated rings. The first-order chi connectivity index (χ1) is 21.4. The summed E-state index contributed by atoms with van der Waals surface area (Å²) >= 11 is 0. The van der Waals surface area contributed by atoms with Gasteiger partial charge in [-0.05, 0) is 38.6 Å². The number of methoxy groups -OCH3 is 1. The monoisotopic (exact) mass is 644 g/mol. The summed E-state index contributed by atoms with van der Waals surface area (Å²) in [4.78, 5) is 25.3. The molecule has 2 aromatic heterocycles. The number of nitrogens with zero attached hydrogens (tertiary/aromatic N) is 4. The summed E-state index contributed by atoms with van der Waals surface area (Å²) in [6.45, 7) is 6.03. The van der Waals surface area contributed by atoms with Crippen LogP contribution in [-0.4, -0.2) is 79.9 Å². The Bertz CT molecular complexity index is 1740. The highest BCUT2D eigenvalue weighted by atomic mass is 31.2. The number of benzene rings is 2. The van der Waals surface area contributed by atoms with Gasteiger partial charge in [0.25, 0.3) is 0 Å². The van der Waals surface area contributed by atoms with Crippen LogP contribution in [0, 0.1) is 6.92 Å². The molecule has 0 amide bonds. The molecule has 6 unspecified atom stereocenters. The van der Waals surface area contributed by atoms with Crippen molar-refractivity contribution in [2.24, 2.45) is 0 Å². The van der Waals surface area contributed by atoms with Gasteiger partial charge in [-0.3, -0.25) is 13.9 Å². The first-order valence-corrected chi connectivity index (χ1v) is 15.9. The first kappa shape index (κ1) is 32.5. The number of nitrogen functional groups attached to an aromatic ring is 1. The molecule has 242 valence electrons. The molecule has 16 heteroatoms. The zero-order valence-electron chi connectivity index (χ0n) is 25.5. The minimum Gasteiger partial charge on any atom is -0.479 e. The minimum atomic E-state index is -4.35. The third-order valence-corrected chi connectivity index (χ3v) is 9.04. The Morgan fingerprint density at radius 3 is 2.69 bits per heavy atom. The van der Waals surface area contributed by atoms with E-state index in [1.165, 1.54) is 25.5 Å². The van der Waals surface area contributed by atoms with Crippen LogP contribution in [0.3, 0.4) is 0 Å². The molecule has 1 aliphatic rings. The van der Waals surface area contributed by atoms with Crippen molar-refractivity contribution in [2.45, 2.75) is 64.2 Å². The van der Waals surface area contributed by atoms with Crippen molar-refractivity contribution in [3.05, 3.63) is 48.3 Å². The number of carbonyl (C=O) groups is 1. The fourth-order valence-electron chi connectivity index (χ4n) is 5.13. The third kappa shape index (κ3) is 6.45. The normalized spacial score (nSPS) is 23.6. The summed E-state index contributed by atoms with van der Waals surface area (Å²) in [6, 6.07) is 11.5. The van der Waals surface area contributed by atoms with Crippen LogP contribution in [0.5, 0.6) is 11.6 Å². The summed E-state index contributed by atoms with van der Waals surface area (Å²) in [7, 11) is -2.94. The van der Waals surface area contributed by atoms with Crippen LogP contribution < -0.4 is 20.1 Å². The number of nitrogens with one attached hydrogen (secondary N) is 1. The number of aryl methyl sites for hydroxylation is 1. The van der Waals surface area contributed by atoms with Gasteiger partial charge < -0.3 is 34.7 Å². The second-order valence-electron chi connectivity index (χ2n) is 10.9. The number of fused-ring (bicyclic) bond motifs is 2. The molecule has 0 bridgehead atoms. The fourth-order valence-corrected chi connectivity index (χ4v) is 6.65. The fraction of sp³-hybridized carbons (Fsp3) is 0.448. The molecule has 3 heterocycles. The number of imidazole rings is 1. The summed E-state index contributed by atoms with van der Waals surface area (Å²) in [5.74, 6) is -0.0123. The molecule has 5 rings (SSSR count). The lowest BCUT2D eigenvalue weighted by Gasteiger charge is -2.28. The standard InChI is InChI=1S/C29H37N6O9P/c1-6-14-41-26(37)16(2)34-45(39,44-20-13-9-11-18-10-7-8-12-19(18)20)42-15-21-23(36)29(4,38)27(43-21)35-17(3)31-22-24(35)32-28(30)33-25(22)40-5/h7-13,16,21,23,27,36,38H,6,14-15H2,1-5H3,(H,34,39)(H2,30,32,33). The van der Waals surface area contributed by atoms with Crippen molar-refractivity contribution in [2.75, 3.05) is 26.1 Å². The lowest BCUT2D eigenvalue weighted by atomic mass is 9.96. The van der Waals surface area contributed by atoms with E-state index < -0.39 is 50.4 Å². The van der Waals surface area contributed by atoms with Crippen LogP contribution >= 0.6 is 7.75 Å². The molecule has 0 aliphatic carbocycles. The van der Waals surface area contributed by atoms with Gasteiger partial charge in [0.15, 0.2) is 17.4 Å². The minimum absolute atomic E-state index is 0.0947. The highest BCUT2D eigenvalue weighted by Crippen LogP contribution is 2.49. The molecule has 0 radical (unpaired) electrons. The van der Waals surface area contributed by atoms with E-state index in [1.807, 2.05) is 25.1 Å². The molecule has 15 nitrogen and oxygen atoms in total. The highest BCUT2D eigenvalue weighted by molar-refractivity contribution is 7.52. The Balaban J connectivity index is 1.43. The molecular weight excluding hydrogens is 607 g/mol. The van der Waals surface area contributed by atoms with Crippen molar-refractivity contribution in [1.82, 2.24) is 24.6 Å². The summed E-state index contributed by atoms with van der Waals surface area (Å²) in [6.07, 6.45) is -3.36. The summed E-state index contributed by atoms with van der Waals surface area (Å²) in [5, 5.41) is 26.8. The Kier molecular flexibility index (Phi) is 9.31. The van der Waals surface area contributed by atoms with Gasteiger partial charge in [-0.1, -0.05) is 43.3 Å². The second kappa shape index (κ2) is 12.9. The molecule has 45 heavy (non-hydrogen) atoms. The molecule has 4 aromatic rings. The Morgan fingerprint density at radius 1 is 1.22 bits per heavy atom. The molecule has 1 saturated heterocycles. The van der Waals surface area contributed by atoms with Gasteiger partial charge in [0.1, 0.15) is 35.4 Å². The lowest BCUT2D eigenvalue weighted by molar-refractivity contribution is -0.145. The molecule has 0 saturated carbocycles. The number of hydrogen-bond acceptors (Lipinski definition) is 13.